The second-order valence-electron chi connectivity index (χ2n) is 8.02. The molecular formula is C24H25N5O5. The highest BCUT2D eigenvalue weighted by molar-refractivity contribution is 5.86. The summed E-state index contributed by atoms with van der Waals surface area (Å²) in [5.74, 6) is -1.71. The third-order valence-corrected chi connectivity index (χ3v) is 5.85. The zero-order valence-corrected chi connectivity index (χ0v) is 18.6. The molecule has 10 nitrogen and oxygen atoms in total. The lowest BCUT2D eigenvalue weighted by Crippen LogP contribution is -2.47. The lowest BCUT2D eigenvalue weighted by molar-refractivity contribution is -0.137. The van der Waals surface area contributed by atoms with Gasteiger partial charge in [0.1, 0.15) is 12.6 Å². The minimum atomic E-state index is -1.07. The largest absolute Gasteiger partial charge is 0.481 e. The SMILES string of the molecule is Cn1nncc1CNC(=O)C(CCC(=O)O)NC(=O)OCC1c2ccccc2-c2ccccc21. The molecular weight excluding hydrogens is 438 g/mol. The molecule has 34 heavy (non-hydrogen) atoms. The van der Waals surface area contributed by atoms with E-state index in [1.54, 1.807) is 7.05 Å². The quantitative estimate of drug-likeness (QED) is 0.443. The summed E-state index contributed by atoms with van der Waals surface area (Å²) in [6.45, 7) is 0.228. The fourth-order valence-corrected chi connectivity index (χ4v) is 4.09. The number of hydrogen-bond acceptors (Lipinski definition) is 6. The van der Waals surface area contributed by atoms with E-state index in [-0.39, 0.29) is 31.9 Å². The van der Waals surface area contributed by atoms with Gasteiger partial charge in [-0.15, -0.1) is 5.10 Å². The number of carboxylic acid groups (broad SMARTS) is 1. The van der Waals surface area contributed by atoms with Gasteiger partial charge in [0.05, 0.1) is 18.4 Å². The third-order valence-electron chi connectivity index (χ3n) is 5.85. The van der Waals surface area contributed by atoms with E-state index < -0.39 is 24.0 Å². The Morgan fingerprint density at radius 1 is 1.09 bits per heavy atom. The van der Waals surface area contributed by atoms with Crippen molar-refractivity contribution in [2.24, 2.45) is 7.05 Å². The summed E-state index contributed by atoms with van der Waals surface area (Å²) in [7, 11) is 1.69. The molecule has 3 N–H and O–H groups in total. The Balaban J connectivity index is 1.39. The van der Waals surface area contributed by atoms with Gasteiger partial charge in [-0.25, -0.2) is 4.79 Å². The number of nitrogens with one attached hydrogen (secondary N) is 2. The molecule has 1 unspecified atom stereocenters. The van der Waals surface area contributed by atoms with E-state index in [0.29, 0.717) is 5.69 Å². The first-order valence-corrected chi connectivity index (χ1v) is 10.9. The second-order valence-corrected chi connectivity index (χ2v) is 8.02. The van der Waals surface area contributed by atoms with Crippen molar-refractivity contribution in [3.63, 3.8) is 0 Å². The van der Waals surface area contributed by atoms with Crippen LogP contribution in [0.3, 0.4) is 0 Å². The van der Waals surface area contributed by atoms with E-state index in [1.807, 2.05) is 48.5 Å². The van der Waals surface area contributed by atoms with Crippen LogP contribution < -0.4 is 10.6 Å². The molecule has 3 aromatic rings. The van der Waals surface area contributed by atoms with Crippen LogP contribution in [0.1, 0.15) is 35.6 Å². The number of carbonyl (C=O) groups excluding carboxylic acids is 2. The van der Waals surface area contributed by atoms with Crippen molar-refractivity contribution in [1.29, 1.82) is 0 Å². The number of aliphatic carboxylic acids is 1. The number of amides is 2. The molecule has 1 aliphatic carbocycles. The lowest BCUT2D eigenvalue weighted by atomic mass is 9.98. The number of fused-ring (bicyclic) bond motifs is 3. The summed E-state index contributed by atoms with van der Waals surface area (Å²) in [6.07, 6.45) is 0.366. The van der Waals surface area contributed by atoms with Crippen molar-refractivity contribution >= 4 is 18.0 Å². The Labute approximate surface area is 195 Å². The first-order valence-electron chi connectivity index (χ1n) is 10.9. The number of aryl methyl sites for hydroxylation is 1. The van der Waals surface area contributed by atoms with E-state index in [2.05, 4.69) is 20.9 Å². The number of benzene rings is 2. The van der Waals surface area contributed by atoms with Gasteiger partial charge in [0.2, 0.25) is 5.91 Å². The van der Waals surface area contributed by atoms with E-state index in [1.165, 1.54) is 10.9 Å². The fourth-order valence-electron chi connectivity index (χ4n) is 4.09. The van der Waals surface area contributed by atoms with Gasteiger partial charge in [-0.3, -0.25) is 14.3 Å². The van der Waals surface area contributed by atoms with E-state index in [4.69, 9.17) is 9.84 Å². The molecule has 0 fully saturated rings. The number of ether oxygens (including phenoxy) is 1. The fraction of sp³-hybridized carbons (Fsp3) is 0.292. The molecule has 4 rings (SSSR count). The molecule has 0 spiro atoms. The van der Waals surface area contributed by atoms with Crippen molar-refractivity contribution in [3.8, 4) is 11.1 Å². The smallest absolute Gasteiger partial charge is 0.407 e. The maximum Gasteiger partial charge on any atom is 0.407 e. The Hall–Kier alpha value is -4.21. The molecule has 1 aliphatic rings. The molecule has 0 saturated carbocycles. The predicted molar refractivity (Wildman–Crippen MR) is 122 cm³/mol. The molecule has 0 aliphatic heterocycles. The molecule has 0 radical (unpaired) electrons. The molecule has 176 valence electrons. The van der Waals surface area contributed by atoms with Crippen molar-refractivity contribution in [1.82, 2.24) is 25.6 Å². The summed E-state index contributed by atoms with van der Waals surface area (Å²) in [4.78, 5) is 36.3. The van der Waals surface area contributed by atoms with Crippen molar-refractivity contribution in [3.05, 3.63) is 71.5 Å². The summed E-state index contributed by atoms with van der Waals surface area (Å²) < 4.78 is 7.00. The van der Waals surface area contributed by atoms with Crippen molar-refractivity contribution in [2.45, 2.75) is 31.3 Å². The highest BCUT2D eigenvalue weighted by atomic mass is 16.5. The number of alkyl carbamates (subject to hydrolysis) is 1. The van der Waals surface area contributed by atoms with Crippen LogP contribution in [0.5, 0.6) is 0 Å². The van der Waals surface area contributed by atoms with Gasteiger partial charge in [-0.05, 0) is 28.7 Å². The van der Waals surface area contributed by atoms with Crippen LogP contribution >= 0.6 is 0 Å². The minimum absolute atomic E-state index is 0.0744. The molecule has 0 bridgehead atoms. The van der Waals surface area contributed by atoms with E-state index >= 15 is 0 Å². The topological polar surface area (TPSA) is 135 Å². The van der Waals surface area contributed by atoms with Gasteiger partial charge in [0.15, 0.2) is 0 Å². The van der Waals surface area contributed by atoms with E-state index in [0.717, 1.165) is 22.3 Å². The Morgan fingerprint density at radius 3 is 2.32 bits per heavy atom. The third kappa shape index (κ3) is 5.06. The summed E-state index contributed by atoms with van der Waals surface area (Å²) in [6, 6.07) is 14.9. The first-order chi connectivity index (χ1) is 16.4. The maximum absolute atomic E-state index is 12.7. The van der Waals surface area contributed by atoms with Crippen molar-refractivity contribution in [2.75, 3.05) is 6.61 Å². The monoisotopic (exact) mass is 463 g/mol. The summed E-state index contributed by atoms with van der Waals surface area (Å²) in [5.41, 5.74) is 5.01. The summed E-state index contributed by atoms with van der Waals surface area (Å²) >= 11 is 0. The number of rotatable bonds is 9. The number of carboxylic acids is 1. The molecule has 10 heteroatoms. The van der Waals surface area contributed by atoms with Gasteiger partial charge in [-0.1, -0.05) is 53.7 Å². The molecule has 0 saturated heterocycles. The molecule has 2 aromatic carbocycles. The van der Waals surface area contributed by atoms with Crippen LogP contribution in [0, 0.1) is 0 Å². The Morgan fingerprint density at radius 2 is 1.74 bits per heavy atom. The van der Waals surface area contributed by atoms with Gasteiger partial charge >= 0.3 is 12.1 Å². The second kappa shape index (κ2) is 10.2. The average Bonchev–Trinajstić information content (AvgIpc) is 3.39. The van der Waals surface area contributed by atoms with Crippen LogP contribution in [-0.2, 0) is 27.9 Å². The molecule has 1 aromatic heterocycles. The number of aromatic nitrogens is 3. The minimum Gasteiger partial charge on any atom is -0.481 e. The van der Waals surface area contributed by atoms with Crippen LogP contribution in [0.15, 0.2) is 54.7 Å². The Kier molecular flexibility index (Phi) is 6.86. The highest BCUT2D eigenvalue weighted by Crippen LogP contribution is 2.44. The number of carbonyl (C=O) groups is 3. The van der Waals surface area contributed by atoms with E-state index in [9.17, 15) is 14.4 Å². The van der Waals surface area contributed by atoms with Gasteiger partial charge in [0, 0.05) is 19.4 Å². The van der Waals surface area contributed by atoms with Crippen LogP contribution in [-0.4, -0.2) is 50.7 Å². The van der Waals surface area contributed by atoms with Crippen LogP contribution in [0.4, 0.5) is 4.79 Å². The maximum atomic E-state index is 12.7. The number of hydrogen-bond donors (Lipinski definition) is 3. The molecule has 1 heterocycles. The van der Waals surface area contributed by atoms with Crippen LogP contribution in [0.25, 0.3) is 11.1 Å². The van der Waals surface area contributed by atoms with Gasteiger partial charge < -0.3 is 20.5 Å². The number of nitrogens with zero attached hydrogens (tertiary/aromatic N) is 3. The molecule has 1 atom stereocenters. The summed E-state index contributed by atoms with van der Waals surface area (Å²) in [5, 5.41) is 21.8. The standard InChI is InChI=1S/C24H25N5O5/c1-29-15(13-26-28-29)12-25-23(32)21(10-11-22(30)31)27-24(33)34-14-20-18-8-4-2-6-16(18)17-7-3-5-9-19(17)20/h2-9,13,20-21H,10-12,14H2,1H3,(H,25,32)(H,27,33)(H,30,31). The zero-order valence-electron chi connectivity index (χ0n) is 18.6. The molecule has 2 amide bonds. The highest BCUT2D eigenvalue weighted by Gasteiger charge is 2.30. The lowest BCUT2D eigenvalue weighted by Gasteiger charge is -2.19. The first kappa shape index (κ1) is 23.0. The Bertz CT molecular complexity index is 1160. The normalized spacial score (nSPS) is 13.0. The van der Waals surface area contributed by atoms with Gasteiger partial charge in [0.25, 0.3) is 0 Å². The predicted octanol–water partition coefficient (Wildman–Crippen LogP) is 2.20. The zero-order chi connectivity index (χ0) is 24.1. The average molecular weight is 463 g/mol. The van der Waals surface area contributed by atoms with Crippen LogP contribution in [0.2, 0.25) is 0 Å². The van der Waals surface area contributed by atoms with Gasteiger partial charge in [-0.2, -0.15) is 0 Å². The van der Waals surface area contributed by atoms with Crippen molar-refractivity contribution < 1.29 is 24.2 Å².